The van der Waals surface area contributed by atoms with Crippen LogP contribution in [-0.4, -0.2) is 52.4 Å². The van der Waals surface area contributed by atoms with Crippen molar-refractivity contribution in [2.75, 3.05) is 26.2 Å². The zero-order chi connectivity index (χ0) is 18.8. The van der Waals surface area contributed by atoms with E-state index in [-0.39, 0.29) is 17.6 Å². The van der Waals surface area contributed by atoms with Crippen molar-refractivity contribution in [3.8, 4) is 0 Å². The number of carbonyl (C=O) groups is 2. The zero-order valence-electron chi connectivity index (χ0n) is 15.5. The largest absolute Gasteiger partial charge is 0.351 e. The van der Waals surface area contributed by atoms with Crippen molar-refractivity contribution in [2.45, 2.75) is 20.3 Å². The number of hydrogen-bond acceptors (Lipinski definition) is 2. The summed E-state index contributed by atoms with van der Waals surface area (Å²) in [5.41, 5.74) is 3.20. The van der Waals surface area contributed by atoms with Gasteiger partial charge in [0.1, 0.15) is 5.82 Å². The predicted molar refractivity (Wildman–Crippen MR) is 97.7 cm³/mol. The summed E-state index contributed by atoms with van der Waals surface area (Å²) < 4.78 is 15.1. The summed E-state index contributed by atoms with van der Waals surface area (Å²) >= 11 is 0. The minimum absolute atomic E-state index is 0.0160. The molecule has 0 aliphatic carbocycles. The van der Waals surface area contributed by atoms with Crippen LogP contribution >= 0.6 is 0 Å². The lowest BCUT2D eigenvalue weighted by Gasteiger charge is -2.22. The summed E-state index contributed by atoms with van der Waals surface area (Å²) in [6, 6.07) is 7.51. The first-order valence-corrected chi connectivity index (χ1v) is 8.85. The van der Waals surface area contributed by atoms with Crippen molar-refractivity contribution in [3.05, 3.63) is 58.7 Å². The van der Waals surface area contributed by atoms with Crippen LogP contribution < -0.4 is 0 Å². The van der Waals surface area contributed by atoms with Gasteiger partial charge < -0.3 is 14.4 Å². The van der Waals surface area contributed by atoms with Crippen molar-refractivity contribution >= 4 is 11.8 Å². The molecule has 1 saturated heterocycles. The Kier molecular flexibility index (Phi) is 5.11. The Morgan fingerprint density at radius 3 is 2.04 bits per heavy atom. The standard InChI is InChI=1S/C20H24FN3O2/c1-14-13-18(15(2)22(14)3)20(26)24-10-4-9-23(11-12-24)19(25)16-5-7-17(21)8-6-16/h5-8,13H,4,9-12H2,1-3H3. The first-order chi connectivity index (χ1) is 12.4. The Balaban J connectivity index is 1.69. The average molecular weight is 357 g/mol. The van der Waals surface area contributed by atoms with E-state index in [1.54, 1.807) is 4.90 Å². The van der Waals surface area contributed by atoms with Gasteiger partial charge in [0, 0.05) is 50.2 Å². The molecule has 0 N–H and O–H groups in total. The van der Waals surface area contributed by atoms with E-state index < -0.39 is 0 Å². The maximum absolute atomic E-state index is 13.1. The van der Waals surface area contributed by atoms with Crippen LogP contribution in [-0.2, 0) is 7.05 Å². The molecule has 26 heavy (non-hydrogen) atoms. The van der Waals surface area contributed by atoms with E-state index in [0.717, 1.165) is 23.4 Å². The third-order valence-electron chi connectivity index (χ3n) is 5.17. The first-order valence-electron chi connectivity index (χ1n) is 8.85. The van der Waals surface area contributed by atoms with E-state index in [9.17, 15) is 14.0 Å². The van der Waals surface area contributed by atoms with Gasteiger partial charge >= 0.3 is 0 Å². The maximum atomic E-state index is 13.1. The lowest BCUT2D eigenvalue weighted by atomic mass is 10.2. The fourth-order valence-corrected chi connectivity index (χ4v) is 3.34. The van der Waals surface area contributed by atoms with Crippen LogP contribution in [0.3, 0.4) is 0 Å². The molecule has 3 rings (SSSR count). The Hall–Kier alpha value is -2.63. The maximum Gasteiger partial charge on any atom is 0.255 e. The van der Waals surface area contributed by atoms with E-state index in [2.05, 4.69) is 0 Å². The lowest BCUT2D eigenvalue weighted by molar-refractivity contribution is 0.0718. The van der Waals surface area contributed by atoms with Gasteiger partial charge in [0.05, 0.1) is 5.56 Å². The van der Waals surface area contributed by atoms with E-state index in [4.69, 9.17) is 0 Å². The second kappa shape index (κ2) is 7.32. The normalized spacial score (nSPS) is 15.1. The first kappa shape index (κ1) is 18.2. The Morgan fingerprint density at radius 1 is 0.923 bits per heavy atom. The molecule has 2 heterocycles. The number of benzene rings is 1. The molecular formula is C20H24FN3O2. The highest BCUT2D eigenvalue weighted by molar-refractivity contribution is 5.96. The monoisotopic (exact) mass is 357 g/mol. The van der Waals surface area contributed by atoms with Gasteiger partial charge in [-0.3, -0.25) is 9.59 Å². The van der Waals surface area contributed by atoms with Crippen LogP contribution in [0.2, 0.25) is 0 Å². The van der Waals surface area contributed by atoms with Gasteiger partial charge in [0.15, 0.2) is 0 Å². The molecular weight excluding hydrogens is 333 g/mol. The van der Waals surface area contributed by atoms with Crippen molar-refractivity contribution in [3.63, 3.8) is 0 Å². The molecule has 5 nitrogen and oxygen atoms in total. The second-order valence-corrected chi connectivity index (χ2v) is 6.79. The number of amides is 2. The van der Waals surface area contributed by atoms with Crippen molar-refractivity contribution in [2.24, 2.45) is 7.05 Å². The fraction of sp³-hybridized carbons (Fsp3) is 0.400. The highest BCUT2D eigenvalue weighted by Gasteiger charge is 2.25. The molecule has 1 aliphatic rings. The van der Waals surface area contributed by atoms with Crippen LogP contribution in [0, 0.1) is 19.7 Å². The SMILES string of the molecule is Cc1cc(C(=O)N2CCCN(C(=O)c3ccc(F)cc3)CC2)c(C)n1C. The molecule has 0 radical (unpaired) electrons. The van der Waals surface area contributed by atoms with Gasteiger partial charge in [0.25, 0.3) is 11.8 Å². The van der Waals surface area contributed by atoms with Gasteiger partial charge in [-0.1, -0.05) is 0 Å². The van der Waals surface area contributed by atoms with Gasteiger partial charge in [0.2, 0.25) is 0 Å². The molecule has 2 aromatic rings. The molecule has 0 atom stereocenters. The molecule has 138 valence electrons. The minimum atomic E-state index is -0.359. The van der Waals surface area contributed by atoms with Crippen molar-refractivity contribution in [1.29, 1.82) is 0 Å². The molecule has 0 bridgehead atoms. The molecule has 0 spiro atoms. The van der Waals surface area contributed by atoms with E-state index in [0.29, 0.717) is 31.7 Å². The van der Waals surface area contributed by atoms with Crippen LogP contribution in [0.15, 0.2) is 30.3 Å². The van der Waals surface area contributed by atoms with Crippen LogP contribution in [0.4, 0.5) is 4.39 Å². The zero-order valence-corrected chi connectivity index (χ0v) is 15.5. The molecule has 1 aromatic carbocycles. The summed E-state index contributed by atoms with van der Waals surface area (Å²) in [5, 5.41) is 0. The summed E-state index contributed by atoms with van der Waals surface area (Å²) in [7, 11) is 1.95. The molecule has 0 unspecified atom stereocenters. The van der Waals surface area contributed by atoms with E-state index in [1.165, 1.54) is 24.3 Å². The predicted octanol–water partition coefficient (Wildman–Crippen LogP) is 2.77. The van der Waals surface area contributed by atoms with Gasteiger partial charge in [-0.05, 0) is 50.6 Å². The number of aromatic nitrogens is 1. The topological polar surface area (TPSA) is 45.6 Å². The van der Waals surface area contributed by atoms with Crippen molar-refractivity contribution < 1.29 is 14.0 Å². The molecule has 1 aliphatic heterocycles. The van der Waals surface area contributed by atoms with Crippen molar-refractivity contribution in [1.82, 2.24) is 14.4 Å². The Labute approximate surface area is 153 Å². The fourth-order valence-electron chi connectivity index (χ4n) is 3.34. The molecule has 6 heteroatoms. The number of halogens is 1. The van der Waals surface area contributed by atoms with Gasteiger partial charge in [-0.25, -0.2) is 4.39 Å². The smallest absolute Gasteiger partial charge is 0.255 e. The molecule has 0 saturated carbocycles. The van der Waals surface area contributed by atoms with Crippen LogP contribution in [0.5, 0.6) is 0 Å². The summed E-state index contributed by atoms with van der Waals surface area (Å²) in [6.07, 6.45) is 0.726. The number of nitrogens with zero attached hydrogens (tertiary/aromatic N) is 3. The van der Waals surface area contributed by atoms with Crippen LogP contribution in [0.25, 0.3) is 0 Å². The molecule has 2 amide bonds. The highest BCUT2D eigenvalue weighted by atomic mass is 19.1. The summed E-state index contributed by atoms with van der Waals surface area (Å²) in [6.45, 7) is 6.12. The lowest BCUT2D eigenvalue weighted by Crippen LogP contribution is -2.37. The number of rotatable bonds is 2. The quantitative estimate of drug-likeness (QED) is 0.830. The van der Waals surface area contributed by atoms with E-state index in [1.807, 2.05) is 36.4 Å². The number of carbonyl (C=O) groups excluding carboxylic acids is 2. The van der Waals surface area contributed by atoms with E-state index >= 15 is 0 Å². The Bertz CT molecular complexity index is 826. The third-order valence-corrected chi connectivity index (χ3v) is 5.17. The minimum Gasteiger partial charge on any atom is -0.351 e. The molecule has 1 aromatic heterocycles. The van der Waals surface area contributed by atoms with Gasteiger partial charge in [-0.2, -0.15) is 0 Å². The summed E-state index contributed by atoms with van der Waals surface area (Å²) in [5.74, 6) is -0.462. The molecule has 1 fully saturated rings. The number of hydrogen-bond donors (Lipinski definition) is 0. The Morgan fingerprint density at radius 2 is 1.50 bits per heavy atom. The highest BCUT2D eigenvalue weighted by Crippen LogP contribution is 2.17. The third kappa shape index (κ3) is 3.49. The van der Waals surface area contributed by atoms with Gasteiger partial charge in [-0.15, -0.1) is 0 Å². The van der Waals surface area contributed by atoms with Crippen LogP contribution in [0.1, 0.15) is 38.5 Å². The summed E-state index contributed by atoms with van der Waals surface area (Å²) in [4.78, 5) is 29.1. The average Bonchev–Trinajstić information content (AvgIpc) is 2.83. The second-order valence-electron chi connectivity index (χ2n) is 6.79. The number of aryl methyl sites for hydroxylation is 1.